The Morgan fingerprint density at radius 3 is 2.50 bits per heavy atom. The lowest BCUT2D eigenvalue weighted by atomic mass is 10.3. The lowest BCUT2D eigenvalue weighted by molar-refractivity contribution is 0.0983. The Morgan fingerprint density at radius 1 is 1.12 bits per heavy atom. The van der Waals surface area contributed by atoms with Gasteiger partial charge in [0.25, 0.3) is 5.91 Å². The van der Waals surface area contributed by atoms with E-state index in [0.29, 0.717) is 10.7 Å². The highest BCUT2D eigenvalue weighted by atomic mass is 35.5. The predicted molar refractivity (Wildman–Crippen MR) is 85.5 cm³/mol. The standard InChI is InChI=1S/C16H11ClF2N4O/c1-22(11-4-2-10(17)3-5-11)16(24)15-20-9-23(21-15)12-6-7-13(18)14(19)8-12/h2-9H,1H3. The van der Waals surface area contributed by atoms with Crippen molar-refractivity contribution >= 4 is 23.2 Å². The van der Waals surface area contributed by atoms with E-state index in [1.165, 1.54) is 22.0 Å². The van der Waals surface area contributed by atoms with Crippen LogP contribution in [0.3, 0.4) is 0 Å². The number of halogens is 3. The monoisotopic (exact) mass is 348 g/mol. The fraction of sp³-hybridized carbons (Fsp3) is 0.0625. The molecular weight excluding hydrogens is 338 g/mol. The van der Waals surface area contributed by atoms with E-state index in [9.17, 15) is 13.6 Å². The van der Waals surface area contributed by atoms with Crippen molar-refractivity contribution in [2.45, 2.75) is 0 Å². The van der Waals surface area contributed by atoms with Gasteiger partial charge in [0.2, 0.25) is 5.82 Å². The summed E-state index contributed by atoms with van der Waals surface area (Å²) in [6, 6.07) is 9.99. The number of carbonyl (C=O) groups is 1. The van der Waals surface area contributed by atoms with Gasteiger partial charge in [-0.3, -0.25) is 4.79 Å². The summed E-state index contributed by atoms with van der Waals surface area (Å²) in [5.41, 5.74) is 0.878. The number of hydrogen-bond acceptors (Lipinski definition) is 3. The van der Waals surface area contributed by atoms with Crippen molar-refractivity contribution in [2.75, 3.05) is 11.9 Å². The first-order valence-corrected chi connectivity index (χ1v) is 7.24. The van der Waals surface area contributed by atoms with Crippen LogP contribution < -0.4 is 4.90 Å². The Bertz CT molecular complexity index is 895. The van der Waals surface area contributed by atoms with Gasteiger partial charge in [0, 0.05) is 23.8 Å². The summed E-state index contributed by atoms with van der Waals surface area (Å²) in [7, 11) is 1.57. The Labute approximate surface area is 141 Å². The SMILES string of the molecule is CN(C(=O)c1ncn(-c2ccc(F)c(F)c2)n1)c1ccc(Cl)cc1. The molecule has 0 saturated carbocycles. The third kappa shape index (κ3) is 3.11. The van der Waals surface area contributed by atoms with Crippen molar-refractivity contribution < 1.29 is 13.6 Å². The second kappa shape index (κ2) is 6.37. The highest BCUT2D eigenvalue weighted by Crippen LogP contribution is 2.18. The first kappa shape index (κ1) is 16.1. The average Bonchev–Trinajstić information content (AvgIpc) is 3.07. The summed E-state index contributed by atoms with van der Waals surface area (Å²) in [5.74, 6) is -2.48. The van der Waals surface area contributed by atoms with Gasteiger partial charge >= 0.3 is 0 Å². The number of aromatic nitrogens is 3. The molecule has 0 N–H and O–H groups in total. The molecule has 1 aromatic heterocycles. The molecule has 0 unspecified atom stereocenters. The topological polar surface area (TPSA) is 51.0 Å². The zero-order valence-corrected chi connectivity index (χ0v) is 13.2. The van der Waals surface area contributed by atoms with E-state index < -0.39 is 17.5 Å². The Balaban J connectivity index is 1.85. The first-order chi connectivity index (χ1) is 11.5. The van der Waals surface area contributed by atoms with Gasteiger partial charge in [0.1, 0.15) is 6.33 Å². The quantitative estimate of drug-likeness (QED) is 0.728. The molecule has 0 aliphatic heterocycles. The number of anilines is 1. The van der Waals surface area contributed by atoms with Crippen LogP contribution in [0.5, 0.6) is 0 Å². The third-order valence-corrected chi connectivity index (χ3v) is 3.62. The lowest BCUT2D eigenvalue weighted by Crippen LogP contribution is -2.27. The van der Waals surface area contributed by atoms with Crippen molar-refractivity contribution in [3.05, 3.63) is 71.3 Å². The van der Waals surface area contributed by atoms with E-state index in [1.807, 2.05) is 0 Å². The van der Waals surface area contributed by atoms with E-state index in [4.69, 9.17) is 11.6 Å². The largest absolute Gasteiger partial charge is 0.309 e. The molecule has 0 aliphatic rings. The Morgan fingerprint density at radius 2 is 1.83 bits per heavy atom. The number of rotatable bonds is 3. The predicted octanol–water partition coefficient (Wildman–Crippen LogP) is 3.48. The minimum Gasteiger partial charge on any atom is -0.309 e. The molecule has 3 rings (SSSR count). The van der Waals surface area contributed by atoms with Crippen LogP contribution in [0, 0.1) is 11.6 Å². The molecule has 0 aliphatic carbocycles. The van der Waals surface area contributed by atoms with E-state index in [0.717, 1.165) is 12.1 Å². The number of carbonyl (C=O) groups excluding carboxylic acids is 1. The molecule has 8 heteroatoms. The smallest absolute Gasteiger partial charge is 0.297 e. The second-order valence-corrected chi connectivity index (χ2v) is 5.39. The molecule has 0 spiro atoms. The zero-order valence-electron chi connectivity index (χ0n) is 12.4. The maximum Gasteiger partial charge on any atom is 0.297 e. The van der Waals surface area contributed by atoms with Gasteiger partial charge < -0.3 is 4.90 Å². The molecule has 2 aromatic carbocycles. The van der Waals surface area contributed by atoms with Crippen molar-refractivity contribution in [3.63, 3.8) is 0 Å². The van der Waals surface area contributed by atoms with Gasteiger partial charge in [-0.25, -0.2) is 18.4 Å². The van der Waals surface area contributed by atoms with Crippen LogP contribution in [0.1, 0.15) is 10.6 Å². The molecule has 0 atom stereocenters. The first-order valence-electron chi connectivity index (χ1n) is 6.86. The summed E-state index contributed by atoms with van der Waals surface area (Å²) in [5, 5.41) is 4.57. The number of nitrogens with zero attached hydrogens (tertiary/aromatic N) is 4. The summed E-state index contributed by atoms with van der Waals surface area (Å²) in [6.45, 7) is 0. The molecule has 122 valence electrons. The summed E-state index contributed by atoms with van der Waals surface area (Å²) in [6.07, 6.45) is 1.26. The van der Waals surface area contributed by atoms with Gasteiger partial charge in [-0.1, -0.05) is 11.6 Å². The molecule has 1 amide bonds. The van der Waals surface area contributed by atoms with Crippen molar-refractivity contribution in [3.8, 4) is 5.69 Å². The van der Waals surface area contributed by atoms with Crippen molar-refractivity contribution in [2.24, 2.45) is 0 Å². The fourth-order valence-corrected chi connectivity index (χ4v) is 2.17. The third-order valence-electron chi connectivity index (χ3n) is 3.37. The fourth-order valence-electron chi connectivity index (χ4n) is 2.04. The van der Waals surface area contributed by atoms with Gasteiger partial charge in [-0.05, 0) is 36.4 Å². The molecule has 5 nitrogen and oxygen atoms in total. The van der Waals surface area contributed by atoms with Gasteiger partial charge in [-0.2, -0.15) is 0 Å². The summed E-state index contributed by atoms with van der Waals surface area (Å²) >= 11 is 5.82. The Hall–Kier alpha value is -2.80. The van der Waals surface area contributed by atoms with Crippen molar-refractivity contribution in [1.82, 2.24) is 14.8 Å². The van der Waals surface area contributed by atoms with Crippen LogP contribution in [-0.2, 0) is 0 Å². The molecular formula is C16H11ClF2N4O. The molecule has 3 aromatic rings. The van der Waals surface area contributed by atoms with Crippen LogP contribution in [-0.4, -0.2) is 27.7 Å². The molecule has 0 radical (unpaired) electrons. The highest BCUT2D eigenvalue weighted by Gasteiger charge is 2.18. The number of hydrogen-bond donors (Lipinski definition) is 0. The van der Waals surface area contributed by atoms with Crippen LogP contribution in [0.4, 0.5) is 14.5 Å². The van der Waals surface area contributed by atoms with Crippen LogP contribution in [0.2, 0.25) is 5.02 Å². The van der Waals surface area contributed by atoms with E-state index in [1.54, 1.807) is 31.3 Å². The van der Waals surface area contributed by atoms with Crippen LogP contribution >= 0.6 is 11.6 Å². The van der Waals surface area contributed by atoms with Gasteiger partial charge in [0.05, 0.1) is 5.69 Å². The average molecular weight is 349 g/mol. The molecule has 1 heterocycles. The second-order valence-electron chi connectivity index (χ2n) is 4.95. The summed E-state index contributed by atoms with van der Waals surface area (Å²) in [4.78, 5) is 17.7. The summed E-state index contributed by atoms with van der Waals surface area (Å²) < 4.78 is 27.5. The van der Waals surface area contributed by atoms with E-state index >= 15 is 0 Å². The van der Waals surface area contributed by atoms with Crippen LogP contribution in [0.15, 0.2) is 48.8 Å². The van der Waals surface area contributed by atoms with Gasteiger partial charge in [0.15, 0.2) is 11.6 Å². The van der Waals surface area contributed by atoms with Crippen LogP contribution in [0.25, 0.3) is 5.69 Å². The maximum atomic E-state index is 13.3. The minimum atomic E-state index is -1.01. The molecule has 0 fully saturated rings. The normalized spacial score (nSPS) is 10.7. The lowest BCUT2D eigenvalue weighted by Gasteiger charge is -2.15. The molecule has 0 saturated heterocycles. The van der Waals surface area contributed by atoms with E-state index in [2.05, 4.69) is 10.1 Å². The number of benzene rings is 2. The highest BCUT2D eigenvalue weighted by molar-refractivity contribution is 6.30. The van der Waals surface area contributed by atoms with Crippen molar-refractivity contribution in [1.29, 1.82) is 0 Å². The van der Waals surface area contributed by atoms with E-state index in [-0.39, 0.29) is 11.5 Å². The Kier molecular flexibility index (Phi) is 4.26. The molecule has 24 heavy (non-hydrogen) atoms. The minimum absolute atomic E-state index is 0.0721. The number of amides is 1. The maximum absolute atomic E-state index is 13.3. The molecule has 0 bridgehead atoms. The zero-order chi connectivity index (χ0) is 17.3. The van der Waals surface area contributed by atoms with Gasteiger partial charge in [-0.15, -0.1) is 5.10 Å².